The van der Waals surface area contributed by atoms with Gasteiger partial charge in [0.05, 0.1) is 7.11 Å². The lowest BCUT2D eigenvalue weighted by molar-refractivity contribution is -0.151. The van der Waals surface area contributed by atoms with Gasteiger partial charge in [0.25, 0.3) is 0 Å². The quantitative estimate of drug-likeness (QED) is 0.329. The van der Waals surface area contributed by atoms with E-state index in [4.69, 9.17) is 0 Å². The molecule has 1 aromatic carbocycles. The number of hydrogen-bond acceptors (Lipinski definition) is 4. The minimum Gasteiger partial charge on any atom is -0.463 e. The number of unbranched alkanes of at least 4 members (excludes halogenated alkanes) is 1. The Morgan fingerprint density at radius 2 is 2.06 bits per heavy atom. The number of carbonyl (C=O) groups is 2. The van der Waals surface area contributed by atoms with Gasteiger partial charge in [0.1, 0.15) is 0 Å². The Morgan fingerprint density at radius 1 is 1.28 bits per heavy atom. The van der Waals surface area contributed by atoms with E-state index in [0.717, 1.165) is 18.6 Å². The first-order valence-electron chi connectivity index (χ1n) is 5.94. The molecule has 1 rings (SSSR count). The summed E-state index contributed by atoms with van der Waals surface area (Å²) < 4.78 is 4.36. The smallest absolute Gasteiger partial charge is 0.374 e. The second kappa shape index (κ2) is 7.93. The number of hydrogen-bond donors (Lipinski definition) is 0. The van der Waals surface area contributed by atoms with E-state index >= 15 is 0 Å². The average molecular weight is 266 g/mol. The molecule has 4 heteroatoms. The van der Waals surface area contributed by atoms with Gasteiger partial charge in [-0.05, 0) is 37.7 Å². The maximum absolute atomic E-state index is 11.2. The second-order valence-electron chi connectivity index (χ2n) is 4.04. The van der Waals surface area contributed by atoms with E-state index in [1.165, 1.54) is 17.6 Å². The first-order chi connectivity index (χ1) is 8.63. The van der Waals surface area contributed by atoms with E-state index in [0.29, 0.717) is 0 Å². The van der Waals surface area contributed by atoms with Gasteiger partial charge in [0.15, 0.2) is 0 Å². The maximum Gasteiger partial charge on any atom is 0.374 e. The van der Waals surface area contributed by atoms with Crippen LogP contribution in [0, 0.1) is 6.92 Å². The van der Waals surface area contributed by atoms with Crippen molar-refractivity contribution < 1.29 is 14.3 Å². The van der Waals surface area contributed by atoms with Crippen LogP contribution in [-0.2, 0) is 14.3 Å². The van der Waals surface area contributed by atoms with Crippen LogP contribution in [0.1, 0.15) is 24.8 Å². The van der Waals surface area contributed by atoms with Gasteiger partial charge in [-0.3, -0.25) is 4.79 Å². The SMILES string of the molecule is COC(=O)C(=O)CCCCSc1cccc(C)c1. The van der Waals surface area contributed by atoms with Gasteiger partial charge in [-0.15, -0.1) is 11.8 Å². The van der Waals surface area contributed by atoms with Crippen LogP contribution in [0.25, 0.3) is 0 Å². The molecule has 0 aliphatic rings. The van der Waals surface area contributed by atoms with Crippen LogP contribution in [0.15, 0.2) is 29.2 Å². The van der Waals surface area contributed by atoms with Crippen molar-refractivity contribution in [2.24, 2.45) is 0 Å². The van der Waals surface area contributed by atoms with Crippen LogP contribution >= 0.6 is 11.8 Å². The average Bonchev–Trinajstić information content (AvgIpc) is 2.37. The number of Topliss-reactive ketones (excluding diaryl/α,β-unsaturated/α-hetero) is 1. The van der Waals surface area contributed by atoms with Crippen molar-refractivity contribution in [3.63, 3.8) is 0 Å². The van der Waals surface area contributed by atoms with E-state index in [1.807, 2.05) is 6.07 Å². The number of ether oxygens (including phenoxy) is 1. The third-order valence-electron chi connectivity index (χ3n) is 2.47. The molecule has 0 spiro atoms. The topological polar surface area (TPSA) is 43.4 Å². The minimum atomic E-state index is -0.735. The Balaban J connectivity index is 2.16. The summed E-state index contributed by atoms with van der Waals surface area (Å²) >= 11 is 1.77. The molecule has 0 N–H and O–H groups in total. The third-order valence-corrected chi connectivity index (χ3v) is 3.55. The summed E-state index contributed by atoms with van der Waals surface area (Å²) in [6, 6.07) is 8.33. The lowest BCUT2D eigenvalue weighted by Crippen LogP contribution is -2.14. The van der Waals surface area contributed by atoms with Crippen molar-refractivity contribution >= 4 is 23.5 Å². The predicted molar refractivity (Wildman–Crippen MR) is 72.8 cm³/mol. The summed E-state index contributed by atoms with van der Waals surface area (Å²) in [5.41, 5.74) is 1.25. The highest BCUT2D eigenvalue weighted by atomic mass is 32.2. The lowest BCUT2D eigenvalue weighted by atomic mass is 10.2. The Hall–Kier alpha value is -1.29. The Labute approximate surface area is 112 Å². The molecule has 0 aromatic heterocycles. The number of ketones is 1. The maximum atomic E-state index is 11.2. The molecule has 0 atom stereocenters. The standard InChI is InChI=1S/C14H18O3S/c1-11-6-5-7-12(10-11)18-9-4-3-8-13(15)14(16)17-2/h5-7,10H,3-4,8-9H2,1-2H3. The summed E-state index contributed by atoms with van der Waals surface area (Å²) in [5, 5.41) is 0. The van der Waals surface area contributed by atoms with Crippen LogP contribution in [0.2, 0.25) is 0 Å². The highest BCUT2D eigenvalue weighted by molar-refractivity contribution is 7.99. The van der Waals surface area contributed by atoms with Crippen molar-refractivity contribution in [2.45, 2.75) is 31.1 Å². The van der Waals surface area contributed by atoms with Crippen LogP contribution in [0.5, 0.6) is 0 Å². The number of esters is 1. The first-order valence-corrected chi connectivity index (χ1v) is 6.92. The minimum absolute atomic E-state index is 0.279. The number of aryl methyl sites for hydroxylation is 1. The van der Waals surface area contributed by atoms with E-state index in [2.05, 4.69) is 29.9 Å². The zero-order valence-corrected chi connectivity index (χ0v) is 11.6. The fraction of sp³-hybridized carbons (Fsp3) is 0.429. The molecule has 0 saturated carbocycles. The molecule has 1 aromatic rings. The largest absolute Gasteiger partial charge is 0.463 e. The van der Waals surface area contributed by atoms with Gasteiger partial charge in [-0.1, -0.05) is 17.7 Å². The molecule has 98 valence electrons. The van der Waals surface area contributed by atoms with Crippen molar-refractivity contribution in [2.75, 3.05) is 12.9 Å². The normalized spacial score (nSPS) is 10.1. The van der Waals surface area contributed by atoms with Crippen LogP contribution in [0.4, 0.5) is 0 Å². The fourth-order valence-electron chi connectivity index (χ4n) is 1.50. The molecule has 0 bridgehead atoms. The molecule has 18 heavy (non-hydrogen) atoms. The third kappa shape index (κ3) is 5.36. The zero-order chi connectivity index (χ0) is 13.4. The highest BCUT2D eigenvalue weighted by Gasteiger charge is 2.12. The highest BCUT2D eigenvalue weighted by Crippen LogP contribution is 2.20. The molecule has 0 aliphatic carbocycles. The molecular weight excluding hydrogens is 248 g/mol. The van der Waals surface area contributed by atoms with Crippen LogP contribution in [-0.4, -0.2) is 24.6 Å². The molecule has 0 aliphatic heterocycles. The van der Waals surface area contributed by atoms with Crippen molar-refractivity contribution in [1.82, 2.24) is 0 Å². The van der Waals surface area contributed by atoms with Gasteiger partial charge in [0, 0.05) is 11.3 Å². The predicted octanol–water partition coefficient (Wildman–Crippen LogP) is 3.00. The molecule has 3 nitrogen and oxygen atoms in total. The molecule has 0 radical (unpaired) electrons. The van der Waals surface area contributed by atoms with Gasteiger partial charge >= 0.3 is 5.97 Å². The summed E-state index contributed by atoms with van der Waals surface area (Å²) in [5.74, 6) is -0.211. The number of benzene rings is 1. The van der Waals surface area contributed by atoms with Gasteiger partial charge in [-0.25, -0.2) is 4.79 Å². The zero-order valence-electron chi connectivity index (χ0n) is 10.8. The number of rotatable bonds is 7. The number of methoxy groups -OCH3 is 1. The Morgan fingerprint density at radius 3 is 2.72 bits per heavy atom. The second-order valence-corrected chi connectivity index (χ2v) is 5.21. The summed E-state index contributed by atoms with van der Waals surface area (Å²) in [4.78, 5) is 23.3. The van der Waals surface area contributed by atoms with E-state index < -0.39 is 11.8 Å². The number of carbonyl (C=O) groups excluding carboxylic acids is 2. The number of thioether (sulfide) groups is 1. The molecule has 0 saturated heterocycles. The molecule has 0 unspecified atom stereocenters. The Kier molecular flexibility index (Phi) is 6.50. The fourth-order valence-corrected chi connectivity index (χ4v) is 2.53. The van der Waals surface area contributed by atoms with Gasteiger partial charge in [0.2, 0.25) is 5.78 Å². The van der Waals surface area contributed by atoms with Crippen molar-refractivity contribution in [3.05, 3.63) is 29.8 Å². The monoisotopic (exact) mass is 266 g/mol. The van der Waals surface area contributed by atoms with E-state index in [1.54, 1.807) is 11.8 Å². The molecule has 0 fully saturated rings. The van der Waals surface area contributed by atoms with Crippen molar-refractivity contribution in [3.8, 4) is 0 Å². The lowest BCUT2D eigenvalue weighted by Gasteiger charge is -2.02. The molecule has 0 amide bonds. The van der Waals surface area contributed by atoms with E-state index in [9.17, 15) is 9.59 Å². The van der Waals surface area contributed by atoms with Crippen LogP contribution < -0.4 is 0 Å². The summed E-state index contributed by atoms with van der Waals surface area (Å²) in [7, 11) is 1.23. The van der Waals surface area contributed by atoms with E-state index in [-0.39, 0.29) is 6.42 Å². The summed E-state index contributed by atoms with van der Waals surface area (Å²) in [6.07, 6.45) is 1.93. The van der Waals surface area contributed by atoms with Crippen molar-refractivity contribution in [1.29, 1.82) is 0 Å². The van der Waals surface area contributed by atoms with Crippen LogP contribution in [0.3, 0.4) is 0 Å². The summed E-state index contributed by atoms with van der Waals surface area (Å²) in [6.45, 7) is 2.07. The molecular formula is C14H18O3S. The van der Waals surface area contributed by atoms with Gasteiger partial charge < -0.3 is 4.74 Å². The molecule has 0 heterocycles. The van der Waals surface area contributed by atoms with Gasteiger partial charge in [-0.2, -0.15) is 0 Å². The first kappa shape index (κ1) is 14.8. The Bertz CT molecular complexity index is 415.